The largest absolute Gasteiger partial charge is 0.461 e. The lowest BCUT2D eigenvalue weighted by Crippen LogP contribution is -2.21. The Morgan fingerprint density at radius 3 is 2.18 bits per heavy atom. The van der Waals surface area contributed by atoms with Crippen molar-refractivity contribution in [2.75, 3.05) is 33.5 Å². The van der Waals surface area contributed by atoms with E-state index in [1.54, 1.807) is 5.57 Å². The van der Waals surface area contributed by atoms with Gasteiger partial charge in [-0.2, -0.15) is 0 Å². The van der Waals surface area contributed by atoms with Gasteiger partial charge in [0.1, 0.15) is 13.2 Å². The van der Waals surface area contributed by atoms with Gasteiger partial charge in [0.15, 0.2) is 0 Å². The Labute approximate surface area is 263 Å². The molecule has 236 valence electrons. The number of rotatable bonds is 17. The number of ether oxygens (including phenoxy) is 3. The van der Waals surface area contributed by atoms with Gasteiger partial charge in [-0.3, -0.25) is 0 Å². The second-order valence-corrected chi connectivity index (χ2v) is 11.5. The van der Waals surface area contributed by atoms with E-state index in [9.17, 15) is 14.7 Å². The fraction of sp³-hybridized carbons (Fsp3) is 0.421. The van der Waals surface area contributed by atoms with Crippen LogP contribution in [0.4, 0.5) is 0 Å². The van der Waals surface area contributed by atoms with Crippen LogP contribution in [0.5, 0.6) is 0 Å². The van der Waals surface area contributed by atoms with Crippen LogP contribution in [0.1, 0.15) is 75.5 Å². The Kier molecular flexibility index (Phi) is 13.8. The molecule has 0 radical (unpaired) electrons. The van der Waals surface area contributed by atoms with Crippen molar-refractivity contribution >= 4 is 17.5 Å². The number of allylic oxidation sites excluding steroid dienone is 4. The van der Waals surface area contributed by atoms with Gasteiger partial charge in [0.05, 0.1) is 30.3 Å². The summed E-state index contributed by atoms with van der Waals surface area (Å²) >= 11 is 0. The molecule has 0 saturated heterocycles. The molecule has 0 amide bonds. The van der Waals surface area contributed by atoms with Crippen LogP contribution in [0.15, 0.2) is 84.5 Å². The quantitative estimate of drug-likeness (QED) is 0.114. The minimum Gasteiger partial charge on any atom is -0.461 e. The van der Waals surface area contributed by atoms with Crippen LogP contribution in [0.25, 0.3) is 16.7 Å². The third-order valence-electron chi connectivity index (χ3n) is 8.13. The Hall–Kier alpha value is -3.74. The number of carbonyl (C=O) groups is 2. The predicted octanol–water partition coefficient (Wildman–Crippen LogP) is 7.77. The van der Waals surface area contributed by atoms with E-state index < -0.39 is 24.5 Å². The highest BCUT2D eigenvalue weighted by atomic mass is 16.5. The highest BCUT2D eigenvalue weighted by Crippen LogP contribution is 2.36. The average Bonchev–Trinajstić information content (AvgIpc) is 3.04. The summed E-state index contributed by atoms with van der Waals surface area (Å²) < 4.78 is 15.8. The zero-order chi connectivity index (χ0) is 32.1. The topological polar surface area (TPSA) is 82.1 Å². The number of hydrogen-bond acceptors (Lipinski definition) is 6. The number of methoxy groups -OCH3 is 1. The SMILES string of the molecule is C=C(CO)C(=O)OCC(COC(=O)C(=C)COC)c1ccc(-c2ccc(C3=CC=C(CCCCC)CC3C)cc2CC)cc1. The lowest BCUT2D eigenvalue weighted by atomic mass is 9.82. The third-order valence-corrected chi connectivity index (χ3v) is 8.13. The number of unbranched alkanes of at least 4 members (excludes halogenated alkanes) is 2. The van der Waals surface area contributed by atoms with Gasteiger partial charge >= 0.3 is 11.9 Å². The maximum atomic E-state index is 12.3. The molecule has 1 aliphatic carbocycles. The van der Waals surface area contributed by atoms with Crippen LogP contribution in [-0.2, 0) is 30.2 Å². The molecule has 1 aliphatic rings. The second-order valence-electron chi connectivity index (χ2n) is 11.5. The van der Waals surface area contributed by atoms with E-state index in [-0.39, 0.29) is 31.0 Å². The molecular formula is C38H48O6. The fourth-order valence-electron chi connectivity index (χ4n) is 5.49. The molecule has 0 spiro atoms. The van der Waals surface area contributed by atoms with E-state index in [4.69, 9.17) is 14.2 Å². The number of esters is 2. The number of benzene rings is 2. The summed E-state index contributed by atoms with van der Waals surface area (Å²) in [4.78, 5) is 24.5. The van der Waals surface area contributed by atoms with Gasteiger partial charge in [-0.15, -0.1) is 0 Å². The van der Waals surface area contributed by atoms with Crippen molar-refractivity contribution in [3.05, 3.63) is 101 Å². The maximum Gasteiger partial charge on any atom is 0.335 e. The highest BCUT2D eigenvalue weighted by molar-refractivity contribution is 5.88. The number of aliphatic hydroxyl groups is 1. The zero-order valence-corrected chi connectivity index (χ0v) is 26.8. The van der Waals surface area contributed by atoms with Crippen molar-refractivity contribution in [3.63, 3.8) is 0 Å². The molecule has 0 bridgehead atoms. The second kappa shape index (κ2) is 17.5. The van der Waals surface area contributed by atoms with Gasteiger partial charge < -0.3 is 19.3 Å². The summed E-state index contributed by atoms with van der Waals surface area (Å²) in [5.74, 6) is -1.19. The molecule has 0 aliphatic heterocycles. The van der Waals surface area contributed by atoms with Crippen molar-refractivity contribution in [1.82, 2.24) is 0 Å². The van der Waals surface area contributed by atoms with Gasteiger partial charge in [0.2, 0.25) is 0 Å². The summed E-state index contributed by atoms with van der Waals surface area (Å²) in [6.45, 7) is 13.5. The van der Waals surface area contributed by atoms with Gasteiger partial charge in [-0.1, -0.05) is 107 Å². The molecule has 2 atom stereocenters. The molecule has 44 heavy (non-hydrogen) atoms. The van der Waals surface area contributed by atoms with E-state index in [1.165, 1.54) is 55.1 Å². The standard InChI is InChI=1S/C38H48O6/c1-7-9-10-11-29-12-18-35(26(3)20-29)33-17-19-36(30(8-2)21-33)32-15-13-31(14-16-32)34(24-43-37(40)27(4)22-39)25-44-38(41)28(5)23-42-6/h12-19,21,26,34,39H,4-5,7-11,20,22-25H2,1-3,6H3. The minimum atomic E-state index is -0.692. The van der Waals surface area contributed by atoms with Gasteiger partial charge in [0, 0.05) is 7.11 Å². The van der Waals surface area contributed by atoms with Crippen molar-refractivity contribution in [1.29, 1.82) is 0 Å². The van der Waals surface area contributed by atoms with E-state index in [2.05, 4.69) is 64.3 Å². The smallest absolute Gasteiger partial charge is 0.335 e. The highest BCUT2D eigenvalue weighted by Gasteiger charge is 2.21. The summed E-state index contributed by atoms with van der Waals surface area (Å²) in [6.07, 6.45) is 11.7. The minimum absolute atomic E-state index is 0.0171. The van der Waals surface area contributed by atoms with Gasteiger partial charge in [-0.25, -0.2) is 9.59 Å². The molecule has 2 aromatic rings. The Morgan fingerprint density at radius 1 is 0.932 bits per heavy atom. The average molecular weight is 601 g/mol. The molecule has 2 unspecified atom stereocenters. The number of aliphatic hydroxyl groups excluding tert-OH is 1. The van der Waals surface area contributed by atoms with Crippen molar-refractivity contribution in [2.45, 2.75) is 65.2 Å². The summed E-state index contributed by atoms with van der Waals surface area (Å²) in [5, 5.41) is 9.21. The summed E-state index contributed by atoms with van der Waals surface area (Å²) in [5.41, 5.74) is 8.77. The molecule has 0 fully saturated rings. The number of carbonyl (C=O) groups excluding carboxylic acids is 2. The molecule has 3 rings (SSSR count). The predicted molar refractivity (Wildman–Crippen MR) is 177 cm³/mol. The van der Waals surface area contributed by atoms with E-state index in [1.807, 2.05) is 24.3 Å². The molecule has 0 aromatic heterocycles. The summed E-state index contributed by atoms with van der Waals surface area (Å²) in [6, 6.07) is 14.8. The van der Waals surface area contributed by atoms with Crippen LogP contribution in [0.3, 0.4) is 0 Å². The first-order chi connectivity index (χ1) is 21.2. The van der Waals surface area contributed by atoms with Crippen LogP contribution < -0.4 is 0 Å². The number of aryl methyl sites for hydroxylation is 1. The first kappa shape index (κ1) is 34.7. The van der Waals surface area contributed by atoms with Crippen LogP contribution in [0, 0.1) is 5.92 Å². The summed E-state index contributed by atoms with van der Waals surface area (Å²) in [7, 11) is 1.48. The number of hydrogen-bond donors (Lipinski definition) is 1. The Bertz CT molecular complexity index is 1360. The Balaban J connectivity index is 1.80. The van der Waals surface area contributed by atoms with E-state index in [0.717, 1.165) is 24.0 Å². The van der Waals surface area contributed by atoms with E-state index in [0.29, 0.717) is 5.92 Å². The van der Waals surface area contributed by atoms with Gasteiger partial charge in [-0.05, 0) is 65.0 Å². The molecule has 0 heterocycles. The molecule has 2 aromatic carbocycles. The molecule has 6 heteroatoms. The van der Waals surface area contributed by atoms with Crippen LogP contribution in [-0.4, -0.2) is 50.6 Å². The van der Waals surface area contributed by atoms with Crippen LogP contribution in [0.2, 0.25) is 0 Å². The molecule has 1 N–H and O–H groups in total. The molecule has 0 saturated carbocycles. The molecular weight excluding hydrogens is 552 g/mol. The lowest BCUT2D eigenvalue weighted by Gasteiger charge is -2.23. The maximum absolute atomic E-state index is 12.3. The van der Waals surface area contributed by atoms with Crippen molar-refractivity contribution < 1.29 is 28.9 Å². The monoisotopic (exact) mass is 600 g/mol. The normalized spacial score (nSPS) is 15.2. The van der Waals surface area contributed by atoms with Crippen molar-refractivity contribution in [3.8, 4) is 11.1 Å². The Morgan fingerprint density at radius 2 is 1.59 bits per heavy atom. The van der Waals surface area contributed by atoms with Gasteiger partial charge in [0.25, 0.3) is 0 Å². The van der Waals surface area contributed by atoms with Crippen molar-refractivity contribution in [2.24, 2.45) is 5.92 Å². The molecule has 6 nitrogen and oxygen atoms in total. The zero-order valence-electron chi connectivity index (χ0n) is 26.8. The van der Waals surface area contributed by atoms with Crippen LogP contribution >= 0.6 is 0 Å². The third kappa shape index (κ3) is 9.63. The van der Waals surface area contributed by atoms with E-state index >= 15 is 0 Å². The first-order valence-corrected chi connectivity index (χ1v) is 15.6. The fourth-order valence-corrected chi connectivity index (χ4v) is 5.49. The lowest BCUT2D eigenvalue weighted by molar-refractivity contribution is -0.143. The first-order valence-electron chi connectivity index (χ1n) is 15.6.